The molecule has 2 heterocycles. The van der Waals surface area contributed by atoms with Gasteiger partial charge in [-0.05, 0) is 49.0 Å². The van der Waals surface area contributed by atoms with Crippen LogP contribution in [0.4, 0.5) is 0 Å². The SMILES string of the molecule is CNC1CCCN(C(=O)c2ccc(CNC(=O)c3cccs3)cc2)C1.Cl. The highest BCUT2D eigenvalue weighted by Gasteiger charge is 2.23. The van der Waals surface area contributed by atoms with Gasteiger partial charge in [0.2, 0.25) is 0 Å². The number of nitrogens with one attached hydrogen (secondary N) is 2. The van der Waals surface area contributed by atoms with Crippen LogP contribution in [0.5, 0.6) is 0 Å². The number of benzene rings is 1. The van der Waals surface area contributed by atoms with E-state index in [-0.39, 0.29) is 24.2 Å². The Hall–Kier alpha value is -1.89. The van der Waals surface area contributed by atoms with Crippen molar-refractivity contribution in [2.45, 2.75) is 25.4 Å². The van der Waals surface area contributed by atoms with E-state index >= 15 is 0 Å². The zero-order valence-electron chi connectivity index (χ0n) is 14.7. The van der Waals surface area contributed by atoms with Crippen LogP contribution in [0.3, 0.4) is 0 Å². The number of likely N-dealkylation sites (tertiary alicyclic amines) is 1. The molecule has 1 unspecified atom stereocenters. The van der Waals surface area contributed by atoms with Crippen LogP contribution in [0.2, 0.25) is 0 Å². The van der Waals surface area contributed by atoms with Crippen molar-refractivity contribution in [1.29, 1.82) is 0 Å². The minimum atomic E-state index is -0.0680. The number of rotatable bonds is 5. The lowest BCUT2D eigenvalue weighted by atomic mass is 10.0. The molecule has 0 spiro atoms. The first-order valence-corrected chi connectivity index (χ1v) is 9.42. The molecule has 0 saturated carbocycles. The molecular formula is C19H24ClN3O2S. The third kappa shape index (κ3) is 5.06. The molecule has 1 aromatic carbocycles. The maximum absolute atomic E-state index is 12.6. The molecule has 2 aromatic rings. The Labute approximate surface area is 164 Å². The number of halogens is 1. The number of piperidine rings is 1. The average Bonchev–Trinajstić information content (AvgIpc) is 3.21. The molecule has 1 fully saturated rings. The molecule has 7 heteroatoms. The highest BCUT2D eigenvalue weighted by atomic mass is 35.5. The van der Waals surface area contributed by atoms with Gasteiger partial charge in [-0.2, -0.15) is 0 Å². The van der Waals surface area contributed by atoms with Gasteiger partial charge in [-0.3, -0.25) is 9.59 Å². The fraction of sp³-hybridized carbons (Fsp3) is 0.368. The van der Waals surface area contributed by atoms with Gasteiger partial charge in [0, 0.05) is 31.2 Å². The average molecular weight is 394 g/mol. The minimum absolute atomic E-state index is 0. The van der Waals surface area contributed by atoms with E-state index < -0.39 is 0 Å². The zero-order chi connectivity index (χ0) is 17.6. The first kappa shape index (κ1) is 20.4. The smallest absolute Gasteiger partial charge is 0.261 e. The van der Waals surface area contributed by atoms with Crippen molar-refractivity contribution in [1.82, 2.24) is 15.5 Å². The Kier molecular flexibility index (Phi) is 7.63. The first-order chi connectivity index (χ1) is 12.2. The zero-order valence-corrected chi connectivity index (χ0v) is 16.4. The Bertz CT molecular complexity index is 719. The van der Waals surface area contributed by atoms with Crippen molar-refractivity contribution in [2.75, 3.05) is 20.1 Å². The van der Waals surface area contributed by atoms with Crippen LogP contribution in [-0.2, 0) is 6.54 Å². The van der Waals surface area contributed by atoms with Crippen molar-refractivity contribution in [3.8, 4) is 0 Å². The van der Waals surface area contributed by atoms with Crippen LogP contribution in [0.15, 0.2) is 41.8 Å². The van der Waals surface area contributed by atoms with Gasteiger partial charge in [0.05, 0.1) is 4.88 Å². The second-order valence-corrected chi connectivity index (χ2v) is 7.18. The summed E-state index contributed by atoms with van der Waals surface area (Å²) >= 11 is 1.42. The quantitative estimate of drug-likeness (QED) is 0.821. The Morgan fingerprint density at radius 2 is 2.00 bits per heavy atom. The van der Waals surface area contributed by atoms with Gasteiger partial charge in [-0.15, -0.1) is 23.7 Å². The van der Waals surface area contributed by atoms with Crippen LogP contribution in [0.25, 0.3) is 0 Å². The summed E-state index contributed by atoms with van der Waals surface area (Å²) in [5, 5.41) is 8.03. The van der Waals surface area contributed by atoms with Crippen LogP contribution in [0, 0.1) is 0 Å². The number of carbonyl (C=O) groups excluding carboxylic acids is 2. The fourth-order valence-electron chi connectivity index (χ4n) is 3.02. The third-order valence-corrected chi connectivity index (χ3v) is 5.38. The van der Waals surface area contributed by atoms with Crippen molar-refractivity contribution in [3.05, 3.63) is 57.8 Å². The van der Waals surface area contributed by atoms with Crippen LogP contribution in [-0.4, -0.2) is 42.9 Å². The summed E-state index contributed by atoms with van der Waals surface area (Å²) in [7, 11) is 1.94. The molecule has 26 heavy (non-hydrogen) atoms. The second-order valence-electron chi connectivity index (χ2n) is 6.24. The predicted molar refractivity (Wildman–Crippen MR) is 107 cm³/mol. The number of likely N-dealkylation sites (N-methyl/N-ethyl adjacent to an activating group) is 1. The topological polar surface area (TPSA) is 61.4 Å². The molecule has 1 saturated heterocycles. The molecule has 0 aliphatic carbocycles. The maximum Gasteiger partial charge on any atom is 0.261 e. The van der Waals surface area contributed by atoms with Gasteiger partial charge in [0.15, 0.2) is 0 Å². The van der Waals surface area contributed by atoms with Crippen LogP contribution >= 0.6 is 23.7 Å². The van der Waals surface area contributed by atoms with Gasteiger partial charge >= 0.3 is 0 Å². The Balaban J connectivity index is 0.00000243. The number of hydrogen-bond acceptors (Lipinski definition) is 4. The normalized spacial score (nSPS) is 16.7. The highest BCUT2D eigenvalue weighted by Crippen LogP contribution is 2.15. The number of thiophene rings is 1. The van der Waals surface area contributed by atoms with Crippen molar-refractivity contribution in [3.63, 3.8) is 0 Å². The van der Waals surface area contributed by atoms with Crippen LogP contribution < -0.4 is 10.6 Å². The Morgan fingerprint density at radius 3 is 2.65 bits per heavy atom. The van der Waals surface area contributed by atoms with E-state index in [0.717, 1.165) is 31.5 Å². The molecular weight excluding hydrogens is 370 g/mol. The van der Waals surface area contributed by atoms with E-state index in [9.17, 15) is 9.59 Å². The van der Waals surface area contributed by atoms with Gasteiger partial charge in [0.25, 0.3) is 11.8 Å². The van der Waals surface area contributed by atoms with E-state index in [1.165, 1.54) is 11.3 Å². The van der Waals surface area contributed by atoms with Crippen molar-refractivity contribution < 1.29 is 9.59 Å². The van der Waals surface area contributed by atoms with Crippen molar-refractivity contribution >= 4 is 35.6 Å². The summed E-state index contributed by atoms with van der Waals surface area (Å²) in [5.74, 6) is 0.00991. The first-order valence-electron chi connectivity index (χ1n) is 8.54. The standard InChI is InChI=1S/C19H23N3O2S.ClH/c1-20-16-4-2-10-22(13-16)19(24)15-8-6-14(7-9-15)12-21-18(23)17-5-3-11-25-17;/h3,5-9,11,16,20H,2,4,10,12-13H2,1H3,(H,21,23);1H. The molecule has 1 aliphatic heterocycles. The monoisotopic (exact) mass is 393 g/mol. The van der Waals surface area contributed by atoms with E-state index in [0.29, 0.717) is 23.0 Å². The lowest BCUT2D eigenvalue weighted by molar-refractivity contribution is 0.0698. The summed E-state index contributed by atoms with van der Waals surface area (Å²) in [6.45, 7) is 2.03. The molecule has 1 aromatic heterocycles. The predicted octanol–water partition coefficient (Wildman–Crippen LogP) is 2.92. The molecule has 0 bridgehead atoms. The summed E-state index contributed by atoms with van der Waals surface area (Å²) in [6, 6.07) is 11.5. The second kappa shape index (κ2) is 9.71. The summed E-state index contributed by atoms with van der Waals surface area (Å²) in [5.41, 5.74) is 1.68. The summed E-state index contributed by atoms with van der Waals surface area (Å²) in [4.78, 5) is 27.2. The van der Waals surface area contributed by atoms with Crippen molar-refractivity contribution in [2.24, 2.45) is 0 Å². The number of hydrogen-bond donors (Lipinski definition) is 2. The molecule has 3 rings (SSSR count). The molecule has 5 nitrogen and oxygen atoms in total. The number of amides is 2. The molecule has 1 aliphatic rings. The molecule has 2 amide bonds. The fourth-order valence-corrected chi connectivity index (χ4v) is 3.66. The van der Waals surface area contributed by atoms with Gasteiger partial charge in [-0.1, -0.05) is 18.2 Å². The molecule has 140 valence electrons. The molecule has 2 N–H and O–H groups in total. The lowest BCUT2D eigenvalue weighted by Gasteiger charge is -2.32. The molecule has 1 atom stereocenters. The number of carbonyl (C=O) groups is 2. The largest absolute Gasteiger partial charge is 0.347 e. The van der Waals surface area contributed by atoms with E-state index in [2.05, 4.69) is 10.6 Å². The number of nitrogens with zero attached hydrogens (tertiary/aromatic N) is 1. The van der Waals surface area contributed by atoms with Gasteiger partial charge in [0.1, 0.15) is 0 Å². The molecule has 0 radical (unpaired) electrons. The lowest BCUT2D eigenvalue weighted by Crippen LogP contribution is -2.46. The van der Waals surface area contributed by atoms with Crippen LogP contribution in [0.1, 0.15) is 38.4 Å². The summed E-state index contributed by atoms with van der Waals surface area (Å²) < 4.78 is 0. The minimum Gasteiger partial charge on any atom is -0.347 e. The maximum atomic E-state index is 12.6. The van der Waals surface area contributed by atoms with E-state index in [1.54, 1.807) is 6.07 Å². The summed E-state index contributed by atoms with van der Waals surface area (Å²) in [6.07, 6.45) is 2.15. The van der Waals surface area contributed by atoms with E-state index in [1.807, 2.05) is 47.7 Å². The Morgan fingerprint density at radius 1 is 1.23 bits per heavy atom. The third-order valence-electron chi connectivity index (χ3n) is 4.52. The van der Waals surface area contributed by atoms with Gasteiger partial charge in [-0.25, -0.2) is 0 Å². The van der Waals surface area contributed by atoms with Gasteiger partial charge < -0.3 is 15.5 Å². The van der Waals surface area contributed by atoms with E-state index in [4.69, 9.17) is 0 Å². The highest BCUT2D eigenvalue weighted by molar-refractivity contribution is 7.12.